The van der Waals surface area contributed by atoms with Crippen LogP contribution in [-0.4, -0.2) is 25.0 Å². The van der Waals surface area contributed by atoms with Crippen LogP contribution in [0.2, 0.25) is 5.02 Å². The molecule has 0 saturated heterocycles. The number of halogens is 1. The van der Waals surface area contributed by atoms with Crippen LogP contribution in [0.1, 0.15) is 23.7 Å². The molecular formula is C12H14ClNO3. The quantitative estimate of drug-likeness (QED) is 0.819. The summed E-state index contributed by atoms with van der Waals surface area (Å²) in [7, 11) is 0. The van der Waals surface area contributed by atoms with E-state index in [2.05, 4.69) is 5.32 Å². The average Bonchev–Trinajstić information content (AvgIpc) is 2.29. The second kappa shape index (κ2) is 6.91. The van der Waals surface area contributed by atoms with Gasteiger partial charge in [-0.2, -0.15) is 0 Å². The Morgan fingerprint density at radius 1 is 1.41 bits per heavy atom. The zero-order valence-corrected chi connectivity index (χ0v) is 10.3. The monoisotopic (exact) mass is 255 g/mol. The molecule has 0 aromatic heterocycles. The van der Waals surface area contributed by atoms with Gasteiger partial charge in [0, 0.05) is 17.1 Å². The SMILES string of the molecule is CCOC(=O)CCNC(=O)c1cccc(Cl)c1. The largest absolute Gasteiger partial charge is 0.466 e. The van der Waals surface area contributed by atoms with Crippen LogP contribution in [0, 0.1) is 0 Å². The van der Waals surface area contributed by atoms with E-state index in [1.54, 1.807) is 31.2 Å². The Hall–Kier alpha value is -1.55. The molecular weight excluding hydrogens is 242 g/mol. The number of hydrogen-bond acceptors (Lipinski definition) is 3. The third kappa shape index (κ3) is 4.87. The number of amides is 1. The topological polar surface area (TPSA) is 55.4 Å². The molecule has 1 rings (SSSR count). The summed E-state index contributed by atoms with van der Waals surface area (Å²) in [4.78, 5) is 22.6. The Bertz CT molecular complexity index is 406. The summed E-state index contributed by atoms with van der Waals surface area (Å²) in [5, 5.41) is 3.12. The van der Waals surface area contributed by atoms with Gasteiger partial charge in [0.2, 0.25) is 0 Å². The van der Waals surface area contributed by atoms with Gasteiger partial charge >= 0.3 is 5.97 Å². The van der Waals surface area contributed by atoms with Crippen LogP contribution in [0.4, 0.5) is 0 Å². The highest BCUT2D eigenvalue weighted by Crippen LogP contribution is 2.10. The highest BCUT2D eigenvalue weighted by atomic mass is 35.5. The Morgan fingerprint density at radius 2 is 2.18 bits per heavy atom. The van der Waals surface area contributed by atoms with Gasteiger partial charge in [0.25, 0.3) is 5.91 Å². The molecule has 0 atom stereocenters. The number of ether oxygens (including phenoxy) is 1. The highest BCUT2D eigenvalue weighted by molar-refractivity contribution is 6.30. The first-order chi connectivity index (χ1) is 8.13. The predicted molar refractivity (Wildman–Crippen MR) is 65.0 cm³/mol. The van der Waals surface area contributed by atoms with Crippen LogP contribution < -0.4 is 5.32 Å². The minimum atomic E-state index is -0.320. The molecule has 0 spiro atoms. The smallest absolute Gasteiger partial charge is 0.307 e. The van der Waals surface area contributed by atoms with Crippen molar-refractivity contribution in [3.8, 4) is 0 Å². The van der Waals surface area contributed by atoms with E-state index in [1.165, 1.54) is 0 Å². The van der Waals surface area contributed by atoms with E-state index < -0.39 is 0 Å². The molecule has 5 heteroatoms. The molecule has 4 nitrogen and oxygen atoms in total. The summed E-state index contributed by atoms with van der Waals surface area (Å²) in [6, 6.07) is 6.62. The Labute approximate surface area is 105 Å². The van der Waals surface area contributed by atoms with Gasteiger partial charge in [-0.3, -0.25) is 9.59 Å². The second-order valence-electron chi connectivity index (χ2n) is 3.32. The fourth-order valence-corrected chi connectivity index (χ4v) is 1.43. The molecule has 1 aromatic rings. The lowest BCUT2D eigenvalue weighted by Crippen LogP contribution is -2.26. The van der Waals surface area contributed by atoms with E-state index in [4.69, 9.17) is 16.3 Å². The van der Waals surface area contributed by atoms with Crippen molar-refractivity contribution in [3.63, 3.8) is 0 Å². The maximum atomic E-state index is 11.6. The van der Waals surface area contributed by atoms with Gasteiger partial charge in [-0.15, -0.1) is 0 Å². The standard InChI is InChI=1S/C12H14ClNO3/c1-2-17-11(15)6-7-14-12(16)9-4-3-5-10(13)8-9/h3-5,8H,2,6-7H2,1H3,(H,14,16). The van der Waals surface area contributed by atoms with Crippen molar-refractivity contribution in [1.29, 1.82) is 0 Å². The maximum absolute atomic E-state index is 11.6. The van der Waals surface area contributed by atoms with Gasteiger partial charge in [-0.25, -0.2) is 0 Å². The average molecular weight is 256 g/mol. The number of carbonyl (C=O) groups is 2. The van der Waals surface area contributed by atoms with Gasteiger partial charge in [-0.05, 0) is 25.1 Å². The van der Waals surface area contributed by atoms with E-state index in [0.717, 1.165) is 0 Å². The predicted octanol–water partition coefficient (Wildman–Crippen LogP) is 2.02. The molecule has 0 aliphatic rings. The Morgan fingerprint density at radius 3 is 2.82 bits per heavy atom. The number of carbonyl (C=O) groups excluding carboxylic acids is 2. The van der Waals surface area contributed by atoms with Gasteiger partial charge in [0.05, 0.1) is 13.0 Å². The number of esters is 1. The summed E-state index contributed by atoms with van der Waals surface area (Å²) in [6.07, 6.45) is 0.167. The molecule has 17 heavy (non-hydrogen) atoms. The molecule has 0 radical (unpaired) electrons. The van der Waals surface area contributed by atoms with Crippen LogP contribution in [0.3, 0.4) is 0 Å². The third-order valence-electron chi connectivity index (χ3n) is 2.01. The lowest BCUT2D eigenvalue weighted by atomic mass is 10.2. The molecule has 0 aliphatic carbocycles. The Balaban J connectivity index is 2.38. The molecule has 1 amide bonds. The van der Waals surface area contributed by atoms with Crippen molar-refractivity contribution in [2.45, 2.75) is 13.3 Å². The summed E-state index contributed by atoms with van der Waals surface area (Å²) >= 11 is 5.76. The van der Waals surface area contributed by atoms with Gasteiger partial charge < -0.3 is 10.1 Å². The van der Waals surface area contributed by atoms with Crippen molar-refractivity contribution >= 4 is 23.5 Å². The van der Waals surface area contributed by atoms with Crippen LogP contribution in [0.25, 0.3) is 0 Å². The second-order valence-corrected chi connectivity index (χ2v) is 3.76. The van der Waals surface area contributed by atoms with E-state index in [1.807, 2.05) is 0 Å². The number of nitrogens with one attached hydrogen (secondary N) is 1. The third-order valence-corrected chi connectivity index (χ3v) is 2.24. The van der Waals surface area contributed by atoms with Crippen LogP contribution >= 0.6 is 11.6 Å². The number of rotatable bonds is 5. The lowest BCUT2D eigenvalue weighted by molar-refractivity contribution is -0.142. The molecule has 92 valence electrons. The van der Waals surface area contributed by atoms with Gasteiger partial charge in [-0.1, -0.05) is 17.7 Å². The van der Waals surface area contributed by atoms with Crippen molar-refractivity contribution in [3.05, 3.63) is 34.9 Å². The summed E-state index contributed by atoms with van der Waals surface area (Å²) in [5.41, 5.74) is 0.473. The molecule has 0 bridgehead atoms. The first-order valence-corrected chi connectivity index (χ1v) is 5.70. The van der Waals surface area contributed by atoms with Crippen molar-refractivity contribution in [2.24, 2.45) is 0 Å². The normalized spacial score (nSPS) is 9.76. The first kappa shape index (κ1) is 13.5. The Kier molecular flexibility index (Phi) is 5.49. The van der Waals surface area contributed by atoms with E-state index in [0.29, 0.717) is 17.2 Å². The zero-order chi connectivity index (χ0) is 12.7. The van der Waals surface area contributed by atoms with Crippen molar-refractivity contribution in [1.82, 2.24) is 5.32 Å². The van der Waals surface area contributed by atoms with Gasteiger partial charge in [0.1, 0.15) is 0 Å². The summed E-state index contributed by atoms with van der Waals surface area (Å²) in [6.45, 7) is 2.34. The van der Waals surface area contributed by atoms with Crippen LogP contribution in [0.5, 0.6) is 0 Å². The van der Waals surface area contributed by atoms with Crippen LogP contribution in [-0.2, 0) is 9.53 Å². The first-order valence-electron chi connectivity index (χ1n) is 5.33. The molecule has 1 N–H and O–H groups in total. The van der Waals surface area contributed by atoms with Crippen molar-refractivity contribution in [2.75, 3.05) is 13.2 Å². The zero-order valence-electron chi connectivity index (χ0n) is 9.53. The molecule has 1 aromatic carbocycles. The van der Waals surface area contributed by atoms with Crippen molar-refractivity contribution < 1.29 is 14.3 Å². The van der Waals surface area contributed by atoms with E-state index in [9.17, 15) is 9.59 Å². The van der Waals surface area contributed by atoms with E-state index >= 15 is 0 Å². The minimum Gasteiger partial charge on any atom is -0.466 e. The maximum Gasteiger partial charge on any atom is 0.307 e. The summed E-state index contributed by atoms with van der Waals surface area (Å²) < 4.78 is 4.74. The fraction of sp³-hybridized carbons (Fsp3) is 0.333. The van der Waals surface area contributed by atoms with Gasteiger partial charge in [0.15, 0.2) is 0 Å². The molecule has 0 fully saturated rings. The fourth-order valence-electron chi connectivity index (χ4n) is 1.24. The molecule has 0 heterocycles. The molecule has 0 unspecified atom stereocenters. The summed E-state index contributed by atoms with van der Waals surface area (Å²) in [5.74, 6) is -0.573. The van der Waals surface area contributed by atoms with Crippen LogP contribution in [0.15, 0.2) is 24.3 Å². The molecule has 0 saturated carbocycles. The minimum absolute atomic E-state index is 0.167. The number of benzene rings is 1. The highest BCUT2D eigenvalue weighted by Gasteiger charge is 2.07. The van der Waals surface area contributed by atoms with E-state index in [-0.39, 0.29) is 24.8 Å². The number of hydrogen-bond donors (Lipinski definition) is 1. The lowest BCUT2D eigenvalue weighted by Gasteiger charge is -2.05. The molecule has 0 aliphatic heterocycles.